The number of hydrogen-bond donors (Lipinski definition) is 2. The average Bonchev–Trinajstić information content (AvgIpc) is 2.44. The molecule has 0 bridgehead atoms. The zero-order valence-electron chi connectivity index (χ0n) is 10.9. The summed E-state index contributed by atoms with van der Waals surface area (Å²) in [6, 6.07) is 10.3. The number of aryl methyl sites for hydroxylation is 1. The number of anilines is 2. The molecule has 2 N–H and O–H groups in total. The first-order chi connectivity index (χ1) is 9.60. The predicted octanol–water partition coefficient (Wildman–Crippen LogP) is 4.17. The van der Waals surface area contributed by atoms with Crippen molar-refractivity contribution in [3.8, 4) is 0 Å². The topological polar surface area (TPSA) is 41.1 Å². The van der Waals surface area contributed by atoms with Crippen LogP contribution in [0.15, 0.2) is 42.5 Å². The Morgan fingerprint density at radius 2 is 1.85 bits per heavy atom. The number of amides is 2. The number of nitrogens with one attached hydrogen (secondary N) is 2. The maximum Gasteiger partial charge on any atom is 0.323 e. The summed E-state index contributed by atoms with van der Waals surface area (Å²) in [5.74, 6) is -2.08. The highest BCUT2D eigenvalue weighted by atomic mass is 19.2. The third-order valence-electron chi connectivity index (χ3n) is 2.79. The van der Waals surface area contributed by atoms with Crippen LogP contribution in [0.25, 0.3) is 0 Å². The average molecular weight is 276 g/mol. The van der Waals surface area contributed by atoms with Gasteiger partial charge in [-0.2, -0.15) is 0 Å². The van der Waals surface area contributed by atoms with Crippen LogP contribution in [0.2, 0.25) is 0 Å². The summed E-state index contributed by atoms with van der Waals surface area (Å²) >= 11 is 0. The van der Waals surface area contributed by atoms with Crippen LogP contribution in [-0.4, -0.2) is 6.03 Å². The maximum absolute atomic E-state index is 13.4. The van der Waals surface area contributed by atoms with Gasteiger partial charge in [0.25, 0.3) is 0 Å². The molecule has 2 aromatic carbocycles. The summed E-state index contributed by atoms with van der Waals surface area (Å²) in [4.78, 5) is 11.7. The molecular weight excluding hydrogens is 262 g/mol. The molecule has 0 heterocycles. The van der Waals surface area contributed by atoms with Gasteiger partial charge in [0.15, 0.2) is 11.6 Å². The number of hydrogen-bond acceptors (Lipinski definition) is 1. The standard InChI is InChI=1S/C15H14F2N2O/c1-2-10-5-3-6-11(9-10)18-15(20)19-13-8-4-7-12(16)14(13)17/h3-9H,2H2,1H3,(H2,18,19,20). The zero-order valence-corrected chi connectivity index (χ0v) is 10.9. The highest BCUT2D eigenvalue weighted by molar-refractivity contribution is 5.99. The van der Waals surface area contributed by atoms with E-state index < -0.39 is 17.7 Å². The van der Waals surface area contributed by atoms with Crippen molar-refractivity contribution in [2.75, 3.05) is 10.6 Å². The van der Waals surface area contributed by atoms with Crippen molar-refractivity contribution in [3.05, 3.63) is 59.7 Å². The Labute approximate surface area is 115 Å². The van der Waals surface area contributed by atoms with Crippen LogP contribution in [-0.2, 0) is 6.42 Å². The molecule has 0 spiro atoms. The Hall–Kier alpha value is -2.43. The maximum atomic E-state index is 13.4. The Morgan fingerprint density at radius 1 is 1.10 bits per heavy atom. The Balaban J connectivity index is 2.07. The molecule has 5 heteroatoms. The van der Waals surface area contributed by atoms with Crippen LogP contribution in [0.5, 0.6) is 0 Å². The summed E-state index contributed by atoms with van der Waals surface area (Å²) < 4.78 is 26.4. The van der Waals surface area contributed by atoms with E-state index in [-0.39, 0.29) is 5.69 Å². The highest BCUT2D eigenvalue weighted by Crippen LogP contribution is 2.17. The van der Waals surface area contributed by atoms with Gasteiger partial charge in [0.05, 0.1) is 5.69 Å². The van der Waals surface area contributed by atoms with E-state index in [0.29, 0.717) is 5.69 Å². The number of halogens is 2. The highest BCUT2D eigenvalue weighted by Gasteiger charge is 2.10. The van der Waals surface area contributed by atoms with Crippen molar-refractivity contribution in [1.29, 1.82) is 0 Å². The number of carbonyl (C=O) groups excluding carboxylic acids is 1. The van der Waals surface area contributed by atoms with Gasteiger partial charge in [0.1, 0.15) is 0 Å². The Morgan fingerprint density at radius 3 is 2.60 bits per heavy atom. The normalized spacial score (nSPS) is 10.2. The first-order valence-corrected chi connectivity index (χ1v) is 6.21. The minimum absolute atomic E-state index is 0.200. The number of urea groups is 1. The molecule has 0 saturated carbocycles. The Kier molecular flexibility index (Phi) is 4.30. The molecule has 20 heavy (non-hydrogen) atoms. The second-order valence-electron chi connectivity index (χ2n) is 4.23. The van der Waals surface area contributed by atoms with Gasteiger partial charge in [0, 0.05) is 5.69 Å². The lowest BCUT2D eigenvalue weighted by molar-refractivity contribution is 0.262. The lowest BCUT2D eigenvalue weighted by Crippen LogP contribution is -2.20. The van der Waals surface area contributed by atoms with E-state index in [4.69, 9.17) is 0 Å². The predicted molar refractivity (Wildman–Crippen MR) is 74.8 cm³/mol. The fourth-order valence-corrected chi connectivity index (χ4v) is 1.75. The molecule has 0 aromatic heterocycles. The van der Waals surface area contributed by atoms with Gasteiger partial charge in [-0.1, -0.05) is 25.1 Å². The lowest BCUT2D eigenvalue weighted by atomic mass is 10.1. The molecular formula is C15H14F2N2O. The van der Waals surface area contributed by atoms with Crippen molar-refractivity contribution in [2.24, 2.45) is 0 Å². The molecule has 2 amide bonds. The van der Waals surface area contributed by atoms with Crippen LogP contribution >= 0.6 is 0 Å². The number of carbonyl (C=O) groups is 1. The van der Waals surface area contributed by atoms with Gasteiger partial charge >= 0.3 is 6.03 Å². The summed E-state index contributed by atoms with van der Waals surface area (Å²) in [5.41, 5.74) is 1.47. The molecule has 104 valence electrons. The van der Waals surface area contributed by atoms with Gasteiger partial charge in [-0.05, 0) is 36.2 Å². The van der Waals surface area contributed by atoms with Crippen molar-refractivity contribution < 1.29 is 13.6 Å². The van der Waals surface area contributed by atoms with Gasteiger partial charge in [-0.25, -0.2) is 13.6 Å². The monoisotopic (exact) mass is 276 g/mol. The SMILES string of the molecule is CCc1cccc(NC(=O)Nc2cccc(F)c2F)c1. The fourth-order valence-electron chi connectivity index (χ4n) is 1.75. The summed E-state index contributed by atoms with van der Waals surface area (Å²) in [6.45, 7) is 2.00. The first-order valence-electron chi connectivity index (χ1n) is 6.21. The quantitative estimate of drug-likeness (QED) is 0.867. The van der Waals surface area contributed by atoms with E-state index >= 15 is 0 Å². The molecule has 3 nitrogen and oxygen atoms in total. The van der Waals surface area contributed by atoms with E-state index in [2.05, 4.69) is 10.6 Å². The number of rotatable bonds is 3. The minimum Gasteiger partial charge on any atom is -0.308 e. The molecule has 2 rings (SSSR count). The van der Waals surface area contributed by atoms with Crippen LogP contribution in [0.1, 0.15) is 12.5 Å². The molecule has 0 unspecified atom stereocenters. The van der Waals surface area contributed by atoms with Crippen LogP contribution < -0.4 is 10.6 Å². The molecule has 0 radical (unpaired) electrons. The van der Waals surface area contributed by atoms with E-state index in [1.165, 1.54) is 12.1 Å². The van der Waals surface area contributed by atoms with E-state index in [1.807, 2.05) is 25.1 Å². The van der Waals surface area contributed by atoms with Crippen molar-refractivity contribution in [2.45, 2.75) is 13.3 Å². The van der Waals surface area contributed by atoms with E-state index in [0.717, 1.165) is 18.1 Å². The lowest BCUT2D eigenvalue weighted by Gasteiger charge is -2.09. The second-order valence-corrected chi connectivity index (χ2v) is 4.23. The smallest absolute Gasteiger partial charge is 0.308 e. The van der Waals surface area contributed by atoms with E-state index in [9.17, 15) is 13.6 Å². The summed E-state index contributed by atoms with van der Waals surface area (Å²) in [5, 5.41) is 4.84. The fraction of sp³-hybridized carbons (Fsp3) is 0.133. The van der Waals surface area contributed by atoms with E-state index in [1.54, 1.807) is 6.07 Å². The van der Waals surface area contributed by atoms with Crippen LogP contribution in [0.4, 0.5) is 25.0 Å². The molecule has 0 aliphatic rings. The van der Waals surface area contributed by atoms with Crippen molar-refractivity contribution >= 4 is 17.4 Å². The van der Waals surface area contributed by atoms with Gasteiger partial charge in [0.2, 0.25) is 0 Å². The van der Waals surface area contributed by atoms with Crippen LogP contribution in [0, 0.1) is 11.6 Å². The summed E-state index contributed by atoms with van der Waals surface area (Å²) in [7, 11) is 0. The van der Waals surface area contributed by atoms with Gasteiger partial charge in [-0.3, -0.25) is 0 Å². The third-order valence-corrected chi connectivity index (χ3v) is 2.79. The molecule has 2 aromatic rings. The second kappa shape index (κ2) is 6.14. The molecule has 0 fully saturated rings. The molecule has 0 aliphatic heterocycles. The van der Waals surface area contributed by atoms with Gasteiger partial charge in [-0.15, -0.1) is 0 Å². The zero-order chi connectivity index (χ0) is 14.5. The third kappa shape index (κ3) is 3.32. The van der Waals surface area contributed by atoms with Crippen LogP contribution in [0.3, 0.4) is 0 Å². The van der Waals surface area contributed by atoms with Gasteiger partial charge < -0.3 is 10.6 Å². The molecule has 0 atom stereocenters. The Bertz CT molecular complexity index is 629. The molecule has 0 aliphatic carbocycles. The molecule has 0 saturated heterocycles. The summed E-state index contributed by atoms with van der Waals surface area (Å²) in [6.07, 6.45) is 0.843. The largest absolute Gasteiger partial charge is 0.323 e. The van der Waals surface area contributed by atoms with Crippen molar-refractivity contribution in [1.82, 2.24) is 0 Å². The minimum atomic E-state index is -1.08. The number of benzene rings is 2. The van der Waals surface area contributed by atoms with Crippen molar-refractivity contribution in [3.63, 3.8) is 0 Å². The first kappa shape index (κ1) is 14.0.